The number of hydrogen-bond donors (Lipinski definition) is 1. The molecule has 2 aromatic carbocycles. The molecule has 1 saturated heterocycles. The standard InChI is InChI=1S/C23H27F3N2O4/c1-3-32-21-14-17(6-9-20(21)30-2)22(29)27-15-19(28-10-12-31-13-11-28)16-4-7-18(8-5-16)23(24,25)26/h4-9,14,19H,3,10-13,15H2,1-2H3,(H,27,29). The van der Waals surface area contributed by atoms with Crippen molar-refractivity contribution in [2.75, 3.05) is 46.6 Å². The van der Waals surface area contributed by atoms with E-state index in [-0.39, 0.29) is 18.5 Å². The zero-order valence-corrected chi connectivity index (χ0v) is 18.1. The number of nitrogens with zero attached hydrogens (tertiary/aromatic N) is 1. The number of rotatable bonds is 8. The Labute approximate surface area is 185 Å². The zero-order valence-electron chi connectivity index (χ0n) is 18.1. The molecule has 1 unspecified atom stereocenters. The van der Waals surface area contributed by atoms with Gasteiger partial charge in [-0.15, -0.1) is 0 Å². The molecule has 0 saturated carbocycles. The third-order valence-corrected chi connectivity index (χ3v) is 5.29. The first-order valence-electron chi connectivity index (χ1n) is 10.4. The van der Waals surface area contributed by atoms with Crippen molar-refractivity contribution >= 4 is 5.91 Å². The quantitative estimate of drug-likeness (QED) is 0.658. The number of carbonyl (C=O) groups is 1. The van der Waals surface area contributed by atoms with Gasteiger partial charge in [-0.2, -0.15) is 13.2 Å². The van der Waals surface area contributed by atoms with E-state index in [0.717, 1.165) is 12.1 Å². The number of morpholine rings is 1. The van der Waals surface area contributed by atoms with Gasteiger partial charge in [-0.25, -0.2) is 0 Å². The Bertz CT molecular complexity index is 897. The van der Waals surface area contributed by atoms with Crippen molar-refractivity contribution in [3.8, 4) is 11.5 Å². The molecule has 1 heterocycles. The summed E-state index contributed by atoms with van der Waals surface area (Å²) < 4.78 is 55.0. The fourth-order valence-electron chi connectivity index (χ4n) is 3.62. The second kappa shape index (κ2) is 10.7. The number of amides is 1. The van der Waals surface area contributed by atoms with Gasteiger partial charge < -0.3 is 19.5 Å². The van der Waals surface area contributed by atoms with E-state index in [4.69, 9.17) is 14.2 Å². The van der Waals surface area contributed by atoms with Crippen molar-refractivity contribution in [1.29, 1.82) is 0 Å². The minimum atomic E-state index is -4.39. The molecule has 1 N–H and O–H groups in total. The van der Waals surface area contributed by atoms with Crippen LogP contribution in [-0.4, -0.2) is 57.4 Å². The highest BCUT2D eigenvalue weighted by Crippen LogP contribution is 2.31. The predicted octanol–water partition coefficient (Wildman–Crippen LogP) is 3.92. The highest BCUT2D eigenvalue weighted by atomic mass is 19.4. The first-order chi connectivity index (χ1) is 15.3. The lowest BCUT2D eigenvalue weighted by atomic mass is 10.0. The molecule has 1 aliphatic heterocycles. The summed E-state index contributed by atoms with van der Waals surface area (Å²) >= 11 is 0. The SMILES string of the molecule is CCOc1cc(C(=O)NCC(c2ccc(C(F)(F)F)cc2)N2CCOCC2)ccc1OC. The lowest BCUT2D eigenvalue weighted by Crippen LogP contribution is -2.43. The Morgan fingerprint density at radius 3 is 2.41 bits per heavy atom. The molecular weight excluding hydrogens is 425 g/mol. The number of halogens is 3. The molecule has 2 aromatic rings. The van der Waals surface area contributed by atoms with Crippen molar-refractivity contribution in [3.63, 3.8) is 0 Å². The Hall–Kier alpha value is -2.78. The van der Waals surface area contributed by atoms with E-state index in [1.54, 1.807) is 18.2 Å². The summed E-state index contributed by atoms with van der Waals surface area (Å²) in [6, 6.07) is 9.71. The van der Waals surface area contributed by atoms with Crippen molar-refractivity contribution in [1.82, 2.24) is 10.2 Å². The molecule has 1 aliphatic rings. The summed E-state index contributed by atoms with van der Waals surface area (Å²) in [4.78, 5) is 14.9. The van der Waals surface area contributed by atoms with Gasteiger partial charge in [0.15, 0.2) is 11.5 Å². The van der Waals surface area contributed by atoms with E-state index in [2.05, 4.69) is 10.2 Å². The van der Waals surface area contributed by atoms with Crippen LogP contribution < -0.4 is 14.8 Å². The maximum Gasteiger partial charge on any atom is 0.416 e. The van der Waals surface area contributed by atoms with Crippen LogP contribution in [0.5, 0.6) is 11.5 Å². The summed E-state index contributed by atoms with van der Waals surface area (Å²) in [5.41, 5.74) is 0.403. The second-order valence-electron chi connectivity index (χ2n) is 7.29. The van der Waals surface area contributed by atoms with Crippen LogP contribution in [-0.2, 0) is 10.9 Å². The fourth-order valence-corrected chi connectivity index (χ4v) is 3.62. The maximum atomic E-state index is 13.0. The minimum absolute atomic E-state index is 0.236. The largest absolute Gasteiger partial charge is 0.493 e. The maximum absolute atomic E-state index is 13.0. The Morgan fingerprint density at radius 2 is 1.81 bits per heavy atom. The van der Waals surface area contributed by atoms with Crippen molar-refractivity contribution in [3.05, 3.63) is 59.2 Å². The Morgan fingerprint density at radius 1 is 1.12 bits per heavy atom. The smallest absolute Gasteiger partial charge is 0.416 e. The first kappa shape index (κ1) is 23.9. The molecule has 0 radical (unpaired) electrons. The molecule has 0 aliphatic carbocycles. The van der Waals surface area contributed by atoms with Crippen molar-refractivity contribution < 1.29 is 32.2 Å². The first-order valence-corrected chi connectivity index (χ1v) is 10.4. The van der Waals surface area contributed by atoms with Crippen LogP contribution >= 0.6 is 0 Å². The molecule has 174 valence electrons. The van der Waals surface area contributed by atoms with E-state index in [9.17, 15) is 18.0 Å². The van der Waals surface area contributed by atoms with E-state index < -0.39 is 11.7 Å². The summed E-state index contributed by atoms with van der Waals surface area (Å²) in [7, 11) is 1.52. The van der Waals surface area contributed by atoms with E-state index >= 15 is 0 Å². The van der Waals surface area contributed by atoms with Gasteiger partial charge >= 0.3 is 6.18 Å². The molecule has 0 aromatic heterocycles. The Balaban J connectivity index is 1.77. The van der Waals surface area contributed by atoms with Crippen LogP contribution in [0, 0.1) is 0 Å². The fraction of sp³-hybridized carbons (Fsp3) is 0.435. The number of ether oxygens (including phenoxy) is 3. The van der Waals surface area contributed by atoms with E-state index in [1.807, 2.05) is 6.92 Å². The van der Waals surface area contributed by atoms with Gasteiger partial charge in [0.25, 0.3) is 5.91 Å². The summed E-state index contributed by atoms with van der Waals surface area (Å²) in [6.07, 6.45) is -4.39. The lowest BCUT2D eigenvalue weighted by molar-refractivity contribution is -0.137. The molecule has 6 nitrogen and oxygen atoms in total. The molecule has 1 atom stereocenters. The molecular formula is C23H27F3N2O4. The van der Waals surface area contributed by atoms with Crippen LogP contribution in [0.25, 0.3) is 0 Å². The van der Waals surface area contributed by atoms with Crippen LogP contribution in [0.3, 0.4) is 0 Å². The average Bonchev–Trinajstić information content (AvgIpc) is 2.79. The average molecular weight is 452 g/mol. The predicted molar refractivity (Wildman–Crippen MR) is 113 cm³/mol. The second-order valence-corrected chi connectivity index (χ2v) is 7.29. The minimum Gasteiger partial charge on any atom is -0.493 e. The van der Waals surface area contributed by atoms with Crippen molar-refractivity contribution in [2.24, 2.45) is 0 Å². The number of hydrogen-bond acceptors (Lipinski definition) is 5. The summed E-state index contributed by atoms with van der Waals surface area (Å²) in [5, 5.41) is 2.91. The van der Waals surface area contributed by atoms with Gasteiger partial charge in [0.05, 0.1) is 38.5 Å². The van der Waals surface area contributed by atoms with Gasteiger partial charge in [-0.1, -0.05) is 12.1 Å². The molecule has 0 bridgehead atoms. The highest BCUT2D eigenvalue weighted by molar-refractivity contribution is 5.94. The van der Waals surface area contributed by atoms with Crippen LogP contribution in [0.4, 0.5) is 13.2 Å². The van der Waals surface area contributed by atoms with Crippen LogP contribution in [0.1, 0.15) is 34.5 Å². The molecule has 9 heteroatoms. The van der Waals surface area contributed by atoms with Gasteiger partial charge in [-0.3, -0.25) is 9.69 Å². The topological polar surface area (TPSA) is 60.0 Å². The third kappa shape index (κ3) is 5.92. The van der Waals surface area contributed by atoms with Gasteiger partial charge in [0.1, 0.15) is 0 Å². The third-order valence-electron chi connectivity index (χ3n) is 5.29. The van der Waals surface area contributed by atoms with Gasteiger partial charge in [-0.05, 0) is 42.8 Å². The number of methoxy groups -OCH3 is 1. The summed E-state index contributed by atoms with van der Waals surface area (Å²) in [6.45, 7) is 4.80. The Kier molecular flexibility index (Phi) is 7.98. The van der Waals surface area contributed by atoms with Crippen LogP contribution in [0.15, 0.2) is 42.5 Å². The molecule has 1 amide bonds. The van der Waals surface area contributed by atoms with E-state index in [1.165, 1.54) is 19.2 Å². The molecule has 0 spiro atoms. The number of alkyl halides is 3. The monoisotopic (exact) mass is 452 g/mol. The molecule has 32 heavy (non-hydrogen) atoms. The molecule has 3 rings (SSSR count). The van der Waals surface area contributed by atoms with Gasteiger partial charge in [0.2, 0.25) is 0 Å². The number of nitrogens with one attached hydrogen (secondary N) is 1. The van der Waals surface area contributed by atoms with Gasteiger partial charge in [0, 0.05) is 25.2 Å². The highest BCUT2D eigenvalue weighted by Gasteiger charge is 2.31. The summed E-state index contributed by atoms with van der Waals surface area (Å²) in [5.74, 6) is 0.688. The lowest BCUT2D eigenvalue weighted by Gasteiger charge is -2.35. The normalized spacial score (nSPS) is 15.8. The van der Waals surface area contributed by atoms with Crippen molar-refractivity contribution in [2.45, 2.75) is 19.1 Å². The number of benzene rings is 2. The van der Waals surface area contributed by atoms with E-state index in [0.29, 0.717) is 55.5 Å². The zero-order chi connectivity index (χ0) is 23.1. The number of carbonyl (C=O) groups excluding carboxylic acids is 1. The molecule has 1 fully saturated rings. The van der Waals surface area contributed by atoms with Crippen LogP contribution in [0.2, 0.25) is 0 Å².